The van der Waals surface area contributed by atoms with Crippen LogP contribution in [0.2, 0.25) is 0 Å². The van der Waals surface area contributed by atoms with Crippen molar-refractivity contribution in [2.24, 2.45) is 0 Å². The van der Waals surface area contributed by atoms with Crippen LogP contribution in [0, 0.1) is 6.92 Å². The summed E-state index contributed by atoms with van der Waals surface area (Å²) in [5, 5.41) is 3.22. The van der Waals surface area contributed by atoms with Gasteiger partial charge >= 0.3 is 0 Å². The Morgan fingerprint density at radius 1 is 1.19 bits per heavy atom. The number of hydrogen-bond donors (Lipinski definition) is 1. The molecule has 0 unspecified atom stereocenters. The van der Waals surface area contributed by atoms with Gasteiger partial charge in [-0.3, -0.25) is 0 Å². The van der Waals surface area contributed by atoms with Gasteiger partial charge in [-0.1, -0.05) is 0 Å². The minimum atomic E-state index is 0.277. The molecule has 4 rings (SSSR count). The average molecular weight is 284 g/mol. The van der Waals surface area contributed by atoms with E-state index in [0.29, 0.717) is 5.95 Å². The molecule has 0 saturated carbocycles. The zero-order valence-corrected chi connectivity index (χ0v) is 11.8. The van der Waals surface area contributed by atoms with Crippen LogP contribution in [0.25, 0.3) is 0 Å². The molecule has 0 aliphatic carbocycles. The van der Waals surface area contributed by atoms with E-state index < -0.39 is 0 Å². The first-order chi connectivity index (χ1) is 10.3. The molecule has 2 aromatic rings. The Morgan fingerprint density at radius 3 is 2.86 bits per heavy atom. The molecule has 0 bridgehead atoms. The third-order valence-electron chi connectivity index (χ3n) is 3.73. The van der Waals surface area contributed by atoms with Crippen LogP contribution in [0.1, 0.15) is 12.0 Å². The van der Waals surface area contributed by atoms with Crippen LogP contribution in [0.4, 0.5) is 17.5 Å². The molecule has 1 fully saturated rings. The van der Waals surface area contributed by atoms with E-state index in [1.54, 1.807) is 0 Å². The molecular weight excluding hydrogens is 268 g/mol. The number of aromatic nitrogens is 2. The number of aryl methyl sites for hydroxylation is 1. The van der Waals surface area contributed by atoms with Crippen LogP contribution >= 0.6 is 0 Å². The lowest BCUT2D eigenvalue weighted by Gasteiger charge is -2.33. The van der Waals surface area contributed by atoms with E-state index in [1.807, 2.05) is 31.3 Å². The van der Waals surface area contributed by atoms with Gasteiger partial charge in [-0.15, -0.1) is 0 Å². The van der Waals surface area contributed by atoms with Crippen LogP contribution in [-0.2, 0) is 0 Å². The van der Waals surface area contributed by atoms with Crippen molar-refractivity contribution in [3.8, 4) is 11.5 Å². The van der Waals surface area contributed by atoms with Crippen molar-refractivity contribution in [2.75, 3.05) is 30.1 Å². The number of anilines is 3. The third-order valence-corrected chi connectivity index (χ3v) is 3.73. The van der Waals surface area contributed by atoms with Crippen LogP contribution in [-0.4, -0.2) is 29.9 Å². The second-order valence-corrected chi connectivity index (χ2v) is 5.23. The highest BCUT2D eigenvalue weighted by atomic mass is 16.7. The summed E-state index contributed by atoms with van der Waals surface area (Å²) in [6.07, 6.45) is 3.09. The molecular formula is C15H16N4O2. The minimum Gasteiger partial charge on any atom is -0.454 e. The van der Waals surface area contributed by atoms with E-state index in [-0.39, 0.29) is 6.79 Å². The summed E-state index contributed by atoms with van der Waals surface area (Å²) in [7, 11) is 0. The quantitative estimate of drug-likeness (QED) is 0.934. The average Bonchev–Trinajstić information content (AvgIpc) is 2.88. The lowest BCUT2D eigenvalue weighted by Crippen LogP contribution is -2.38. The Kier molecular flexibility index (Phi) is 2.80. The number of benzene rings is 1. The molecule has 1 saturated heterocycles. The second kappa shape index (κ2) is 4.80. The van der Waals surface area contributed by atoms with Gasteiger partial charge in [-0.2, -0.15) is 4.98 Å². The summed E-state index contributed by atoms with van der Waals surface area (Å²) in [4.78, 5) is 11.2. The van der Waals surface area contributed by atoms with E-state index in [4.69, 9.17) is 9.47 Å². The maximum absolute atomic E-state index is 5.37. The Bertz CT molecular complexity index is 685. The number of hydrogen-bond acceptors (Lipinski definition) is 6. The predicted molar refractivity (Wildman–Crippen MR) is 79.4 cm³/mol. The normalized spacial score (nSPS) is 15.8. The van der Waals surface area contributed by atoms with Crippen molar-refractivity contribution in [3.05, 3.63) is 30.0 Å². The van der Waals surface area contributed by atoms with Crippen molar-refractivity contribution in [1.82, 2.24) is 9.97 Å². The molecule has 0 radical (unpaired) electrons. The van der Waals surface area contributed by atoms with Gasteiger partial charge in [-0.05, 0) is 25.5 Å². The van der Waals surface area contributed by atoms with Crippen LogP contribution in [0.3, 0.4) is 0 Å². The summed E-state index contributed by atoms with van der Waals surface area (Å²) in [5.74, 6) is 3.13. The number of rotatable bonds is 3. The van der Waals surface area contributed by atoms with E-state index in [9.17, 15) is 0 Å². The fourth-order valence-electron chi connectivity index (χ4n) is 2.44. The molecule has 2 aliphatic heterocycles. The first-order valence-electron chi connectivity index (χ1n) is 7.05. The van der Waals surface area contributed by atoms with Gasteiger partial charge in [0.2, 0.25) is 12.7 Å². The number of ether oxygens (including phenoxy) is 2. The first kappa shape index (κ1) is 12.3. The van der Waals surface area contributed by atoms with Crippen molar-refractivity contribution >= 4 is 17.5 Å². The van der Waals surface area contributed by atoms with Crippen LogP contribution < -0.4 is 19.7 Å². The summed E-state index contributed by atoms with van der Waals surface area (Å²) in [6.45, 7) is 4.46. The maximum Gasteiger partial charge on any atom is 0.231 e. The van der Waals surface area contributed by atoms with E-state index in [0.717, 1.165) is 41.7 Å². The molecule has 6 nitrogen and oxygen atoms in total. The van der Waals surface area contributed by atoms with Gasteiger partial charge < -0.3 is 19.7 Å². The Labute approximate surface area is 122 Å². The summed E-state index contributed by atoms with van der Waals surface area (Å²) >= 11 is 0. The molecule has 1 aromatic carbocycles. The fourth-order valence-corrected chi connectivity index (χ4v) is 2.44. The van der Waals surface area contributed by atoms with Crippen LogP contribution in [0.15, 0.2) is 24.4 Å². The summed E-state index contributed by atoms with van der Waals surface area (Å²) < 4.78 is 10.7. The van der Waals surface area contributed by atoms with Gasteiger partial charge in [0, 0.05) is 36.6 Å². The highest BCUT2D eigenvalue weighted by Crippen LogP contribution is 2.35. The third kappa shape index (κ3) is 2.22. The molecule has 108 valence electrons. The Morgan fingerprint density at radius 2 is 2.05 bits per heavy atom. The standard InChI is InChI=1S/C15H16N4O2/c1-10-8-16-15(18-14(10)19-5-2-6-19)17-11-3-4-12-13(7-11)21-9-20-12/h3-4,7-8H,2,5-6,9H2,1H3,(H,16,17,18). The molecule has 0 spiro atoms. The van der Waals surface area contributed by atoms with Crippen molar-refractivity contribution < 1.29 is 9.47 Å². The zero-order valence-electron chi connectivity index (χ0n) is 11.8. The SMILES string of the molecule is Cc1cnc(Nc2ccc3c(c2)OCO3)nc1N1CCC1. The van der Waals surface area contributed by atoms with Gasteiger partial charge in [-0.25, -0.2) is 4.98 Å². The molecule has 3 heterocycles. The van der Waals surface area contributed by atoms with Crippen LogP contribution in [0.5, 0.6) is 11.5 Å². The van der Waals surface area contributed by atoms with E-state index in [2.05, 4.69) is 20.2 Å². The molecule has 2 aliphatic rings. The van der Waals surface area contributed by atoms with Crippen molar-refractivity contribution in [3.63, 3.8) is 0 Å². The predicted octanol–water partition coefficient (Wildman–Crippen LogP) is 2.47. The topological polar surface area (TPSA) is 59.5 Å². The molecule has 0 amide bonds. The Hall–Kier alpha value is -2.50. The molecule has 6 heteroatoms. The highest BCUT2D eigenvalue weighted by Gasteiger charge is 2.19. The summed E-state index contributed by atoms with van der Waals surface area (Å²) in [6, 6.07) is 5.71. The number of nitrogens with zero attached hydrogens (tertiary/aromatic N) is 3. The molecule has 1 aromatic heterocycles. The molecule has 21 heavy (non-hydrogen) atoms. The second-order valence-electron chi connectivity index (χ2n) is 5.23. The smallest absolute Gasteiger partial charge is 0.231 e. The largest absolute Gasteiger partial charge is 0.454 e. The molecule has 1 N–H and O–H groups in total. The van der Waals surface area contributed by atoms with Gasteiger partial charge in [0.25, 0.3) is 0 Å². The molecule has 0 atom stereocenters. The van der Waals surface area contributed by atoms with Gasteiger partial charge in [0.15, 0.2) is 11.5 Å². The zero-order chi connectivity index (χ0) is 14.2. The minimum absolute atomic E-state index is 0.277. The monoisotopic (exact) mass is 284 g/mol. The summed E-state index contributed by atoms with van der Waals surface area (Å²) in [5.41, 5.74) is 1.99. The fraction of sp³-hybridized carbons (Fsp3) is 0.333. The lowest BCUT2D eigenvalue weighted by molar-refractivity contribution is 0.174. The van der Waals surface area contributed by atoms with Crippen molar-refractivity contribution in [1.29, 1.82) is 0 Å². The Balaban J connectivity index is 1.59. The van der Waals surface area contributed by atoms with E-state index in [1.165, 1.54) is 6.42 Å². The first-order valence-corrected chi connectivity index (χ1v) is 7.05. The number of nitrogens with one attached hydrogen (secondary N) is 1. The van der Waals surface area contributed by atoms with Gasteiger partial charge in [0.05, 0.1) is 0 Å². The van der Waals surface area contributed by atoms with E-state index >= 15 is 0 Å². The van der Waals surface area contributed by atoms with Gasteiger partial charge in [0.1, 0.15) is 5.82 Å². The van der Waals surface area contributed by atoms with Crippen molar-refractivity contribution in [2.45, 2.75) is 13.3 Å². The maximum atomic E-state index is 5.37. The number of fused-ring (bicyclic) bond motifs is 1. The highest BCUT2D eigenvalue weighted by molar-refractivity contribution is 5.61. The lowest BCUT2D eigenvalue weighted by atomic mass is 10.2.